The summed E-state index contributed by atoms with van der Waals surface area (Å²) in [4.78, 5) is 28.2. The smallest absolute Gasteiger partial charge is 0.330 e. The van der Waals surface area contributed by atoms with Crippen LogP contribution in [-0.4, -0.2) is 56.6 Å². The maximum absolute atomic E-state index is 12.8. The number of carbonyl (C=O) groups is 1. The summed E-state index contributed by atoms with van der Waals surface area (Å²) in [6, 6.07) is 7.70. The van der Waals surface area contributed by atoms with E-state index in [4.69, 9.17) is 4.98 Å². The Balaban J connectivity index is 1.39. The van der Waals surface area contributed by atoms with Gasteiger partial charge in [0.05, 0.1) is 46.7 Å². The van der Waals surface area contributed by atoms with Crippen LogP contribution < -0.4 is 10.2 Å². The van der Waals surface area contributed by atoms with Crippen LogP contribution in [0.15, 0.2) is 36.7 Å². The normalized spacial score (nSPS) is 25.5. The number of imidazole rings is 1. The fraction of sp³-hybridized carbons (Fsp3) is 0.478. The fourth-order valence-corrected chi connectivity index (χ4v) is 5.38. The zero-order valence-corrected chi connectivity index (χ0v) is 19.2. The second-order valence-electron chi connectivity index (χ2n) is 9.47. The molecular weight excluding hydrogens is 447 g/mol. The van der Waals surface area contributed by atoms with Gasteiger partial charge in [-0.1, -0.05) is 12.1 Å². The molecule has 3 aromatic rings. The number of nitrogens with zero attached hydrogens (tertiary/aromatic N) is 6. The van der Waals surface area contributed by atoms with Gasteiger partial charge in [0.25, 0.3) is 0 Å². The number of rotatable bonds is 3. The van der Waals surface area contributed by atoms with Crippen LogP contribution >= 0.6 is 0 Å². The molecule has 1 aliphatic heterocycles. The Morgan fingerprint density at radius 2 is 1.71 bits per heavy atom. The Hall–Kier alpha value is -3.21. The fourth-order valence-electron chi connectivity index (χ4n) is 5.38. The number of aromatic nitrogens is 4. The van der Waals surface area contributed by atoms with Crippen LogP contribution in [0.5, 0.6) is 0 Å². The highest BCUT2D eigenvalue weighted by Gasteiger charge is 2.52. The number of carbonyl (C=O) groups excluding carboxylic acids is 1. The summed E-state index contributed by atoms with van der Waals surface area (Å²) >= 11 is 0. The summed E-state index contributed by atoms with van der Waals surface area (Å²) in [6.45, 7) is 0.354. The molecule has 3 heterocycles. The highest BCUT2D eigenvalue weighted by molar-refractivity contribution is 5.95. The van der Waals surface area contributed by atoms with Crippen LogP contribution in [0.4, 0.5) is 23.7 Å². The third-order valence-electron chi connectivity index (χ3n) is 7.38. The van der Waals surface area contributed by atoms with E-state index in [1.165, 1.54) is 4.90 Å². The van der Waals surface area contributed by atoms with Gasteiger partial charge in [0, 0.05) is 7.05 Å². The lowest BCUT2D eigenvalue weighted by Gasteiger charge is -2.47. The predicted octanol–water partition coefficient (Wildman–Crippen LogP) is 3.68. The van der Waals surface area contributed by atoms with E-state index < -0.39 is 17.5 Å². The van der Waals surface area contributed by atoms with E-state index in [1.807, 2.05) is 25.2 Å². The Bertz CT molecular complexity index is 1230. The number of halogens is 3. The highest BCUT2D eigenvalue weighted by Crippen LogP contribution is 2.46. The molecule has 180 valence electrons. The summed E-state index contributed by atoms with van der Waals surface area (Å²) in [7, 11) is 6.14. The molecule has 5 rings (SSSR count). The van der Waals surface area contributed by atoms with Gasteiger partial charge in [0.15, 0.2) is 0 Å². The van der Waals surface area contributed by atoms with E-state index in [0.717, 1.165) is 42.1 Å². The van der Waals surface area contributed by atoms with Crippen LogP contribution in [0.2, 0.25) is 0 Å². The zero-order valence-electron chi connectivity index (χ0n) is 19.2. The van der Waals surface area contributed by atoms with Gasteiger partial charge in [-0.15, -0.1) is 0 Å². The van der Waals surface area contributed by atoms with Crippen molar-refractivity contribution in [2.45, 2.75) is 42.9 Å². The van der Waals surface area contributed by atoms with Gasteiger partial charge >= 0.3 is 12.2 Å². The van der Waals surface area contributed by atoms with Crippen LogP contribution in [0.1, 0.15) is 37.3 Å². The topological polar surface area (TPSA) is 79.2 Å². The quantitative estimate of drug-likeness (QED) is 0.628. The lowest BCUT2D eigenvalue weighted by atomic mass is 9.71. The van der Waals surface area contributed by atoms with E-state index in [9.17, 15) is 18.0 Å². The lowest BCUT2D eigenvalue weighted by Crippen LogP contribution is -2.54. The molecule has 1 aliphatic carbocycles. The average Bonchev–Trinajstić information content (AvgIpc) is 3.31. The second kappa shape index (κ2) is 7.66. The summed E-state index contributed by atoms with van der Waals surface area (Å²) in [5, 5.41) is 3.10. The molecule has 2 aliphatic rings. The molecule has 1 saturated carbocycles. The van der Waals surface area contributed by atoms with Crippen LogP contribution in [-0.2, 0) is 18.8 Å². The highest BCUT2D eigenvalue weighted by atomic mass is 19.4. The van der Waals surface area contributed by atoms with Crippen molar-refractivity contribution in [3.05, 3.63) is 48.3 Å². The Morgan fingerprint density at radius 3 is 2.29 bits per heavy atom. The average molecular weight is 474 g/mol. The minimum Gasteiger partial charge on any atom is -0.330 e. The molecule has 0 radical (unpaired) electrons. The number of fused-ring (bicyclic) bond motifs is 1. The van der Waals surface area contributed by atoms with Crippen molar-refractivity contribution >= 4 is 22.8 Å². The van der Waals surface area contributed by atoms with Gasteiger partial charge < -0.3 is 9.88 Å². The summed E-state index contributed by atoms with van der Waals surface area (Å²) in [6.07, 6.45) is 0.448. The monoisotopic (exact) mass is 473 g/mol. The Kier molecular flexibility index (Phi) is 5.08. The third-order valence-corrected chi connectivity index (χ3v) is 7.38. The minimum absolute atomic E-state index is 0.252. The maximum atomic E-state index is 12.8. The van der Waals surface area contributed by atoms with Crippen molar-refractivity contribution in [3.8, 4) is 0 Å². The van der Waals surface area contributed by atoms with Gasteiger partial charge in [-0.2, -0.15) is 13.2 Å². The van der Waals surface area contributed by atoms with Gasteiger partial charge in [0.2, 0.25) is 5.82 Å². The molecule has 0 bridgehead atoms. The minimum atomic E-state index is -4.62. The predicted molar refractivity (Wildman–Crippen MR) is 120 cm³/mol. The number of hydrogen-bond donors (Lipinski definition) is 1. The van der Waals surface area contributed by atoms with Crippen LogP contribution in [0, 0.1) is 0 Å². The van der Waals surface area contributed by atoms with Crippen molar-refractivity contribution in [1.82, 2.24) is 29.7 Å². The molecule has 8 nitrogen and oxygen atoms in total. The van der Waals surface area contributed by atoms with E-state index in [-0.39, 0.29) is 17.3 Å². The number of para-hydroxylation sites is 2. The summed E-state index contributed by atoms with van der Waals surface area (Å²) in [5.41, 5.74) is 1.51. The first kappa shape index (κ1) is 22.6. The van der Waals surface area contributed by atoms with Crippen molar-refractivity contribution in [2.24, 2.45) is 7.05 Å². The van der Waals surface area contributed by atoms with Crippen molar-refractivity contribution in [3.63, 3.8) is 0 Å². The molecule has 1 aromatic carbocycles. The first-order valence-electron chi connectivity index (χ1n) is 11.1. The third kappa shape index (κ3) is 3.49. The molecule has 0 unspecified atom stereocenters. The molecule has 34 heavy (non-hydrogen) atoms. The summed E-state index contributed by atoms with van der Waals surface area (Å²) < 4.78 is 40.6. The van der Waals surface area contributed by atoms with Gasteiger partial charge in [-0.05, 0) is 51.9 Å². The standard InChI is InChI=1S/C23H26F3N7O/c1-31(2)22(19-29-16-6-4-5-7-17(16)32(19)3)10-8-21(9-11-22)14-33(20(34)30-21)15-12-27-18(28-13-15)23(24,25)26/h4-7,12-13H,8-11,14H2,1-3H3,(H,30,34)/t21-,22-. The molecule has 1 N–H and O–H groups in total. The van der Waals surface area contributed by atoms with E-state index in [2.05, 4.69) is 44.9 Å². The largest absolute Gasteiger partial charge is 0.451 e. The van der Waals surface area contributed by atoms with E-state index in [1.54, 1.807) is 0 Å². The number of amides is 2. The number of hydrogen-bond acceptors (Lipinski definition) is 5. The molecule has 1 saturated heterocycles. The van der Waals surface area contributed by atoms with E-state index in [0.29, 0.717) is 19.4 Å². The number of benzene rings is 1. The molecule has 11 heteroatoms. The van der Waals surface area contributed by atoms with E-state index >= 15 is 0 Å². The number of aryl methyl sites for hydroxylation is 1. The number of urea groups is 1. The van der Waals surface area contributed by atoms with Gasteiger partial charge in [0.1, 0.15) is 5.82 Å². The maximum Gasteiger partial charge on any atom is 0.451 e. The van der Waals surface area contributed by atoms with Crippen LogP contribution in [0.3, 0.4) is 0 Å². The molecule has 2 amide bonds. The number of nitrogens with one attached hydrogen (secondary N) is 1. The molecular formula is C23H26F3N7O. The molecule has 2 aromatic heterocycles. The molecule has 0 atom stereocenters. The SMILES string of the molecule is Cn1c2ccccc2nc1[C@]1(N(C)C)CC[C@]2(CC1)CN(c1cnc(C(F)(F)F)nc1)C(=O)N2. The second-order valence-corrected chi connectivity index (χ2v) is 9.47. The van der Waals surface area contributed by atoms with Gasteiger partial charge in [-0.25, -0.2) is 19.7 Å². The van der Waals surface area contributed by atoms with Gasteiger partial charge in [-0.3, -0.25) is 9.80 Å². The Morgan fingerprint density at radius 1 is 1.06 bits per heavy atom. The van der Waals surface area contributed by atoms with Crippen molar-refractivity contribution in [1.29, 1.82) is 0 Å². The van der Waals surface area contributed by atoms with Crippen molar-refractivity contribution < 1.29 is 18.0 Å². The first-order valence-corrected chi connectivity index (χ1v) is 11.1. The number of alkyl halides is 3. The van der Waals surface area contributed by atoms with Crippen LogP contribution in [0.25, 0.3) is 11.0 Å². The number of anilines is 1. The lowest BCUT2D eigenvalue weighted by molar-refractivity contribution is -0.144. The summed E-state index contributed by atoms with van der Waals surface area (Å²) in [5.74, 6) is -0.229. The first-order chi connectivity index (χ1) is 16.0. The molecule has 1 spiro atoms. The molecule has 2 fully saturated rings. The zero-order chi connectivity index (χ0) is 24.3. The van der Waals surface area contributed by atoms with Crippen molar-refractivity contribution in [2.75, 3.05) is 25.5 Å². The Labute approximate surface area is 194 Å².